The third-order valence-corrected chi connectivity index (χ3v) is 6.17. The van der Waals surface area contributed by atoms with E-state index in [0.717, 1.165) is 11.1 Å². The molecule has 34 heavy (non-hydrogen) atoms. The molecule has 0 radical (unpaired) electrons. The molecular weight excluding hydrogens is 440 g/mol. The molecule has 0 bridgehead atoms. The van der Waals surface area contributed by atoms with Gasteiger partial charge in [0, 0.05) is 7.11 Å². The fraction of sp³-hybridized carbons (Fsp3) is 0.538. The van der Waals surface area contributed by atoms with Gasteiger partial charge in [-0.15, -0.1) is 0 Å². The van der Waals surface area contributed by atoms with Crippen LogP contribution in [0.1, 0.15) is 25.0 Å². The molecular formula is C26H34O8. The van der Waals surface area contributed by atoms with Gasteiger partial charge in [0.25, 0.3) is 0 Å². The van der Waals surface area contributed by atoms with Gasteiger partial charge in [-0.25, -0.2) is 0 Å². The van der Waals surface area contributed by atoms with E-state index in [1.807, 2.05) is 60.7 Å². The second kappa shape index (κ2) is 10.8. The first-order valence-electron chi connectivity index (χ1n) is 11.5. The van der Waals surface area contributed by atoms with Gasteiger partial charge >= 0.3 is 0 Å². The summed E-state index contributed by atoms with van der Waals surface area (Å²) in [4.78, 5) is 0. The summed E-state index contributed by atoms with van der Waals surface area (Å²) >= 11 is 0. The van der Waals surface area contributed by atoms with Gasteiger partial charge in [-0.1, -0.05) is 60.7 Å². The minimum atomic E-state index is -1.84. The number of hydrogen-bond donors (Lipinski definition) is 2. The lowest BCUT2D eigenvalue weighted by Crippen LogP contribution is -2.61. The first-order valence-corrected chi connectivity index (χ1v) is 11.5. The average molecular weight is 475 g/mol. The van der Waals surface area contributed by atoms with Gasteiger partial charge < -0.3 is 38.6 Å². The number of benzene rings is 2. The van der Waals surface area contributed by atoms with Crippen LogP contribution >= 0.6 is 0 Å². The average Bonchev–Trinajstić information content (AvgIpc) is 3.31. The van der Waals surface area contributed by atoms with E-state index >= 15 is 0 Å². The fourth-order valence-electron chi connectivity index (χ4n) is 4.42. The predicted molar refractivity (Wildman–Crippen MR) is 123 cm³/mol. The topological polar surface area (TPSA) is 95.8 Å². The van der Waals surface area contributed by atoms with Crippen molar-refractivity contribution in [2.45, 2.75) is 69.2 Å². The van der Waals surface area contributed by atoms with Gasteiger partial charge in [0.05, 0.1) is 26.4 Å². The zero-order chi connectivity index (χ0) is 24.2. The predicted octanol–water partition coefficient (Wildman–Crippen LogP) is 2.40. The molecule has 2 aromatic carbocycles. The molecule has 6 atom stereocenters. The van der Waals surface area contributed by atoms with E-state index < -0.39 is 42.1 Å². The monoisotopic (exact) mass is 474 g/mol. The van der Waals surface area contributed by atoms with Gasteiger partial charge in [-0.3, -0.25) is 0 Å². The van der Waals surface area contributed by atoms with E-state index in [9.17, 15) is 10.2 Å². The Bertz CT molecular complexity index is 892. The van der Waals surface area contributed by atoms with Gasteiger partial charge in [-0.05, 0) is 25.0 Å². The van der Waals surface area contributed by atoms with E-state index in [1.54, 1.807) is 13.8 Å². The molecule has 0 aliphatic carbocycles. The summed E-state index contributed by atoms with van der Waals surface area (Å²) in [7, 11) is 1.52. The standard InChI is InChI=1S/C26H34O8/c1-25(2)33-22-21(29-3)23(32-24(22)34-25)26(28,17-31-15-19-12-8-5-9-13-19)20(27)16-30-14-18-10-6-4-7-11-18/h4-13,20-24,27-28H,14-17H2,1-3H3/t20-,21-,22-,23+,24-,26-/m1/s1. The highest BCUT2D eigenvalue weighted by Gasteiger charge is 2.62. The van der Waals surface area contributed by atoms with E-state index in [-0.39, 0.29) is 19.8 Å². The molecule has 2 aliphatic heterocycles. The van der Waals surface area contributed by atoms with Crippen LogP contribution in [0.3, 0.4) is 0 Å². The minimum Gasteiger partial charge on any atom is -0.387 e. The molecule has 2 aromatic rings. The maximum atomic E-state index is 11.8. The van der Waals surface area contributed by atoms with Crippen molar-refractivity contribution in [1.82, 2.24) is 0 Å². The van der Waals surface area contributed by atoms with Crippen LogP contribution in [-0.4, -0.2) is 72.6 Å². The third-order valence-electron chi connectivity index (χ3n) is 6.17. The zero-order valence-corrected chi connectivity index (χ0v) is 19.8. The van der Waals surface area contributed by atoms with E-state index in [0.29, 0.717) is 6.61 Å². The zero-order valence-electron chi connectivity index (χ0n) is 19.8. The smallest absolute Gasteiger partial charge is 0.190 e. The Morgan fingerprint density at radius 1 is 0.941 bits per heavy atom. The van der Waals surface area contributed by atoms with Gasteiger partial charge in [0.1, 0.15) is 30.0 Å². The van der Waals surface area contributed by atoms with E-state index in [4.69, 9.17) is 28.4 Å². The maximum absolute atomic E-state index is 11.8. The van der Waals surface area contributed by atoms with Crippen molar-refractivity contribution in [2.75, 3.05) is 20.3 Å². The Kier molecular flexibility index (Phi) is 8.01. The van der Waals surface area contributed by atoms with Crippen LogP contribution < -0.4 is 0 Å². The van der Waals surface area contributed by atoms with Crippen LogP contribution in [0.5, 0.6) is 0 Å². The number of rotatable bonds is 11. The van der Waals surface area contributed by atoms with Crippen LogP contribution in [-0.2, 0) is 41.6 Å². The SMILES string of the molecule is CO[C@@H]1[C@H]2OC(C)(C)O[C@H]2O[C@@H]1[C@@](O)(COCc1ccccc1)[C@H](O)COCc1ccccc1. The number of hydrogen-bond acceptors (Lipinski definition) is 8. The number of methoxy groups -OCH3 is 1. The number of ether oxygens (including phenoxy) is 6. The second-order valence-electron chi connectivity index (χ2n) is 9.21. The Morgan fingerprint density at radius 2 is 1.53 bits per heavy atom. The molecule has 2 fully saturated rings. The Morgan fingerprint density at radius 3 is 2.12 bits per heavy atom. The van der Waals surface area contributed by atoms with Gasteiger partial charge in [0.15, 0.2) is 12.1 Å². The van der Waals surface area contributed by atoms with E-state index in [1.165, 1.54) is 7.11 Å². The molecule has 2 aliphatic rings. The van der Waals surface area contributed by atoms with Crippen LogP contribution in [0, 0.1) is 0 Å². The highest BCUT2D eigenvalue weighted by atomic mass is 16.8. The second-order valence-corrected chi connectivity index (χ2v) is 9.21. The normalized spacial score (nSPS) is 28.4. The largest absolute Gasteiger partial charge is 0.387 e. The highest BCUT2D eigenvalue weighted by molar-refractivity contribution is 5.14. The first-order chi connectivity index (χ1) is 16.3. The van der Waals surface area contributed by atoms with Crippen LogP contribution in [0.2, 0.25) is 0 Å². The van der Waals surface area contributed by atoms with Crippen molar-refractivity contribution in [1.29, 1.82) is 0 Å². The van der Waals surface area contributed by atoms with Crippen molar-refractivity contribution in [3.8, 4) is 0 Å². The Hall–Kier alpha value is -1.88. The molecule has 0 unspecified atom stereocenters. The fourth-order valence-corrected chi connectivity index (χ4v) is 4.42. The molecule has 4 rings (SSSR count). The van der Waals surface area contributed by atoms with E-state index in [2.05, 4.69) is 0 Å². The Labute approximate surface area is 200 Å². The van der Waals surface area contributed by atoms with Crippen molar-refractivity contribution < 1.29 is 38.6 Å². The number of aliphatic hydroxyl groups is 2. The van der Waals surface area contributed by atoms with Crippen molar-refractivity contribution in [2.24, 2.45) is 0 Å². The lowest BCUT2D eigenvalue weighted by molar-refractivity contribution is -0.267. The molecule has 0 saturated carbocycles. The van der Waals surface area contributed by atoms with Gasteiger partial charge in [0.2, 0.25) is 0 Å². The molecule has 186 valence electrons. The highest BCUT2D eigenvalue weighted by Crippen LogP contribution is 2.42. The van der Waals surface area contributed by atoms with Gasteiger partial charge in [-0.2, -0.15) is 0 Å². The first kappa shape index (κ1) is 25.2. The molecule has 8 nitrogen and oxygen atoms in total. The lowest BCUT2D eigenvalue weighted by Gasteiger charge is -2.40. The summed E-state index contributed by atoms with van der Waals surface area (Å²) in [6, 6.07) is 19.2. The molecule has 0 amide bonds. The summed E-state index contributed by atoms with van der Waals surface area (Å²) in [5, 5.41) is 22.9. The molecule has 0 aromatic heterocycles. The van der Waals surface area contributed by atoms with Crippen LogP contribution in [0.4, 0.5) is 0 Å². The minimum absolute atomic E-state index is 0.126. The lowest BCUT2D eigenvalue weighted by atomic mass is 9.87. The van der Waals surface area contributed by atoms with Crippen molar-refractivity contribution >= 4 is 0 Å². The number of fused-ring (bicyclic) bond motifs is 1. The molecule has 8 heteroatoms. The summed E-state index contributed by atoms with van der Waals surface area (Å²) in [5.41, 5.74) is 0.0671. The molecule has 2 heterocycles. The number of aliphatic hydroxyl groups excluding tert-OH is 1. The summed E-state index contributed by atoms with van der Waals surface area (Å²) in [6.07, 6.45) is -4.25. The van der Waals surface area contributed by atoms with Crippen molar-refractivity contribution in [3.63, 3.8) is 0 Å². The van der Waals surface area contributed by atoms with Crippen LogP contribution in [0.15, 0.2) is 60.7 Å². The maximum Gasteiger partial charge on any atom is 0.190 e. The summed E-state index contributed by atoms with van der Waals surface area (Å²) in [5.74, 6) is -0.837. The summed E-state index contributed by atoms with van der Waals surface area (Å²) in [6.45, 7) is 3.81. The van der Waals surface area contributed by atoms with Crippen molar-refractivity contribution in [3.05, 3.63) is 71.8 Å². The third kappa shape index (κ3) is 5.67. The molecule has 0 spiro atoms. The summed E-state index contributed by atoms with van der Waals surface area (Å²) < 4.78 is 35.1. The molecule has 2 N–H and O–H groups in total. The van der Waals surface area contributed by atoms with Crippen LogP contribution in [0.25, 0.3) is 0 Å². The quantitative estimate of drug-likeness (QED) is 0.513. The molecule has 2 saturated heterocycles. The Balaban J connectivity index is 1.47.